The number of aromatic nitrogens is 7. The summed E-state index contributed by atoms with van der Waals surface area (Å²) < 4.78 is 15.6. The topological polar surface area (TPSA) is 96.0 Å². The van der Waals surface area contributed by atoms with E-state index in [1.165, 1.54) is 6.33 Å². The van der Waals surface area contributed by atoms with Crippen molar-refractivity contribution in [1.82, 2.24) is 39.9 Å². The van der Waals surface area contributed by atoms with Crippen molar-refractivity contribution in [2.45, 2.75) is 52.4 Å². The zero-order valence-corrected chi connectivity index (χ0v) is 20.5. The number of benzene rings is 1. The number of halogens is 1. The first-order valence-corrected chi connectivity index (χ1v) is 11.4. The lowest BCUT2D eigenvalue weighted by Crippen LogP contribution is -2.50. The van der Waals surface area contributed by atoms with Gasteiger partial charge < -0.3 is 9.47 Å². The molecule has 10 nitrogen and oxygen atoms in total. The molecular weight excluding hydrogens is 444 g/mol. The van der Waals surface area contributed by atoms with E-state index < -0.39 is 11.8 Å². The second-order valence-electron chi connectivity index (χ2n) is 9.75. The molecule has 0 radical (unpaired) electrons. The summed E-state index contributed by atoms with van der Waals surface area (Å²) in [5.41, 5.74) is -0.710. The Balaban J connectivity index is 1.77. The number of ether oxygens (including phenoxy) is 2. The van der Waals surface area contributed by atoms with E-state index in [9.17, 15) is 0 Å². The molecule has 33 heavy (non-hydrogen) atoms. The Kier molecular flexibility index (Phi) is 6.69. The molecule has 1 aromatic carbocycles. The molecule has 11 heteroatoms. The van der Waals surface area contributed by atoms with Crippen molar-refractivity contribution in [2.75, 3.05) is 26.3 Å². The molecule has 2 unspecified atom stereocenters. The molecule has 1 aliphatic rings. The van der Waals surface area contributed by atoms with E-state index in [4.69, 9.17) is 21.1 Å². The first-order chi connectivity index (χ1) is 15.7. The maximum atomic E-state index is 6.49. The number of hydrogen-bond donors (Lipinski definition) is 0. The predicted molar refractivity (Wildman–Crippen MR) is 123 cm³/mol. The molecule has 0 amide bonds. The lowest BCUT2D eigenvalue weighted by molar-refractivity contribution is -0.0282. The zero-order chi connectivity index (χ0) is 23.6. The van der Waals surface area contributed by atoms with Gasteiger partial charge in [0.1, 0.15) is 24.4 Å². The van der Waals surface area contributed by atoms with Gasteiger partial charge in [0.2, 0.25) is 6.23 Å². The van der Waals surface area contributed by atoms with Crippen molar-refractivity contribution in [3.63, 3.8) is 0 Å². The Morgan fingerprint density at radius 2 is 1.76 bits per heavy atom. The van der Waals surface area contributed by atoms with E-state index in [1.54, 1.807) is 23.1 Å². The highest BCUT2D eigenvalue weighted by Crippen LogP contribution is 2.42. The minimum Gasteiger partial charge on any atom is -0.466 e. The quantitative estimate of drug-likeness (QED) is 0.514. The van der Waals surface area contributed by atoms with Crippen LogP contribution in [0.3, 0.4) is 0 Å². The normalized spacial score (nSPS) is 17.6. The summed E-state index contributed by atoms with van der Waals surface area (Å²) >= 11 is 6.08. The Morgan fingerprint density at radius 1 is 1.06 bits per heavy atom. The standard InChI is InChI=1S/C22H31ClN8O2/c1-21(2,3)18(19(30-15-24-14-25-30)33-17-8-6-16(23)7-9-17)31-20(26-27-28-31)22(4,5)29-10-12-32-13-11-29/h6-9,14-15,18-19H,10-13H2,1-5H3. The number of hydrogen-bond acceptors (Lipinski definition) is 8. The van der Waals surface area contributed by atoms with E-state index in [1.807, 2.05) is 16.8 Å². The van der Waals surface area contributed by atoms with Crippen LogP contribution in [-0.4, -0.2) is 66.2 Å². The van der Waals surface area contributed by atoms with Crippen LogP contribution in [0.15, 0.2) is 36.9 Å². The zero-order valence-electron chi connectivity index (χ0n) is 19.7. The summed E-state index contributed by atoms with van der Waals surface area (Å²) in [5, 5.41) is 18.1. The van der Waals surface area contributed by atoms with Crippen molar-refractivity contribution < 1.29 is 9.47 Å². The molecule has 0 aliphatic carbocycles. The molecule has 4 rings (SSSR count). The minimum atomic E-state index is -0.559. The maximum Gasteiger partial charge on any atom is 0.215 e. The van der Waals surface area contributed by atoms with Gasteiger partial charge in [-0.25, -0.2) is 14.3 Å². The van der Waals surface area contributed by atoms with Gasteiger partial charge in [0.25, 0.3) is 0 Å². The van der Waals surface area contributed by atoms with Crippen LogP contribution in [0.25, 0.3) is 0 Å². The summed E-state index contributed by atoms with van der Waals surface area (Å²) in [5.74, 6) is 1.42. The fourth-order valence-electron chi connectivity index (χ4n) is 4.23. The van der Waals surface area contributed by atoms with Gasteiger partial charge in [0.15, 0.2) is 5.82 Å². The third-order valence-corrected chi connectivity index (χ3v) is 6.28. The third kappa shape index (κ3) is 5.02. The Morgan fingerprint density at radius 3 is 2.36 bits per heavy atom. The van der Waals surface area contributed by atoms with Gasteiger partial charge in [-0.05, 0) is 54.0 Å². The largest absolute Gasteiger partial charge is 0.466 e. The Labute approximate surface area is 198 Å². The summed E-state index contributed by atoms with van der Waals surface area (Å²) in [6.45, 7) is 13.7. The number of tetrazole rings is 1. The maximum absolute atomic E-state index is 6.49. The molecule has 178 valence electrons. The van der Waals surface area contributed by atoms with E-state index >= 15 is 0 Å². The Bertz CT molecular complexity index is 1020. The van der Waals surface area contributed by atoms with Crippen LogP contribution in [0.2, 0.25) is 5.02 Å². The van der Waals surface area contributed by atoms with Crippen molar-refractivity contribution in [1.29, 1.82) is 0 Å². The molecule has 0 bridgehead atoms. The second kappa shape index (κ2) is 9.36. The lowest BCUT2D eigenvalue weighted by atomic mass is 9.85. The Hall–Kier alpha value is -2.56. The van der Waals surface area contributed by atoms with Crippen molar-refractivity contribution >= 4 is 11.6 Å². The van der Waals surface area contributed by atoms with Crippen LogP contribution in [0.5, 0.6) is 5.75 Å². The number of morpholine rings is 1. The monoisotopic (exact) mass is 474 g/mol. The van der Waals surface area contributed by atoms with Gasteiger partial charge in [-0.3, -0.25) is 4.90 Å². The average Bonchev–Trinajstić information content (AvgIpc) is 3.47. The SMILES string of the molecule is CC(C)(C)C(C(Oc1ccc(Cl)cc1)n1cncn1)n1nnnc1C(C)(C)N1CCOCC1. The van der Waals surface area contributed by atoms with Gasteiger partial charge in [-0.1, -0.05) is 32.4 Å². The van der Waals surface area contributed by atoms with Crippen molar-refractivity contribution in [2.24, 2.45) is 5.41 Å². The van der Waals surface area contributed by atoms with Crippen molar-refractivity contribution in [3.05, 3.63) is 47.8 Å². The molecule has 2 aromatic heterocycles. The molecule has 1 fully saturated rings. The highest BCUT2D eigenvalue weighted by atomic mass is 35.5. The third-order valence-electron chi connectivity index (χ3n) is 6.03. The molecule has 2 atom stereocenters. The highest BCUT2D eigenvalue weighted by Gasteiger charge is 2.44. The van der Waals surface area contributed by atoms with Crippen molar-refractivity contribution in [3.8, 4) is 5.75 Å². The second-order valence-corrected chi connectivity index (χ2v) is 10.2. The smallest absolute Gasteiger partial charge is 0.215 e. The molecule has 3 heterocycles. The van der Waals surface area contributed by atoms with E-state index in [0.717, 1.165) is 18.9 Å². The molecule has 0 saturated carbocycles. The van der Waals surface area contributed by atoms with E-state index in [2.05, 4.69) is 65.1 Å². The average molecular weight is 475 g/mol. The lowest BCUT2D eigenvalue weighted by Gasteiger charge is -2.42. The molecule has 0 N–H and O–H groups in total. The molecular formula is C22H31ClN8O2. The summed E-state index contributed by atoms with van der Waals surface area (Å²) in [6, 6.07) is 6.96. The van der Waals surface area contributed by atoms with Gasteiger partial charge in [-0.15, -0.1) is 5.10 Å². The van der Waals surface area contributed by atoms with Gasteiger partial charge in [0, 0.05) is 18.1 Å². The van der Waals surface area contributed by atoms with Crippen LogP contribution in [-0.2, 0) is 10.3 Å². The predicted octanol–water partition coefficient (Wildman–Crippen LogP) is 3.35. The van der Waals surface area contributed by atoms with Gasteiger partial charge in [-0.2, -0.15) is 5.10 Å². The number of rotatable bonds is 7. The van der Waals surface area contributed by atoms with Crippen LogP contribution < -0.4 is 4.74 Å². The van der Waals surface area contributed by atoms with Crippen LogP contribution >= 0.6 is 11.6 Å². The molecule has 0 spiro atoms. The van der Waals surface area contributed by atoms with E-state index in [0.29, 0.717) is 24.0 Å². The van der Waals surface area contributed by atoms with Crippen LogP contribution in [0, 0.1) is 5.41 Å². The van der Waals surface area contributed by atoms with Gasteiger partial charge >= 0.3 is 0 Å². The van der Waals surface area contributed by atoms with E-state index in [-0.39, 0.29) is 11.5 Å². The minimum absolute atomic E-state index is 0.297. The van der Waals surface area contributed by atoms with Crippen LogP contribution in [0.1, 0.15) is 52.7 Å². The summed E-state index contributed by atoms with van der Waals surface area (Å²) in [6.07, 6.45) is 2.59. The highest BCUT2D eigenvalue weighted by molar-refractivity contribution is 6.30. The van der Waals surface area contributed by atoms with Gasteiger partial charge in [0.05, 0.1) is 18.8 Å². The first-order valence-electron chi connectivity index (χ1n) is 11.1. The molecule has 1 aliphatic heterocycles. The fourth-order valence-corrected chi connectivity index (χ4v) is 4.35. The van der Waals surface area contributed by atoms with Crippen LogP contribution in [0.4, 0.5) is 0 Å². The first kappa shape index (κ1) is 23.6. The molecule has 1 saturated heterocycles. The summed E-state index contributed by atoms with van der Waals surface area (Å²) in [4.78, 5) is 6.51. The summed E-state index contributed by atoms with van der Waals surface area (Å²) in [7, 11) is 0. The fraction of sp³-hybridized carbons (Fsp3) is 0.591. The number of nitrogens with zero attached hydrogens (tertiary/aromatic N) is 8. The molecule has 3 aromatic rings.